The first-order valence-corrected chi connectivity index (χ1v) is 9.96. The number of nitrogens with one attached hydrogen (secondary N) is 1. The summed E-state index contributed by atoms with van der Waals surface area (Å²) in [4.78, 5) is 13.1. The van der Waals surface area contributed by atoms with Crippen molar-refractivity contribution in [2.45, 2.75) is 23.9 Å². The quantitative estimate of drug-likeness (QED) is 0.707. The molecule has 6 nitrogen and oxygen atoms in total. The molecule has 0 aliphatic carbocycles. The lowest BCUT2D eigenvalue weighted by Crippen LogP contribution is -2.23. The van der Waals surface area contributed by atoms with Gasteiger partial charge in [-0.15, -0.1) is 0 Å². The number of alkyl halides is 3. The molecule has 156 valence electrons. The topological polar surface area (TPSA) is 75.7 Å². The molecule has 29 heavy (non-hydrogen) atoms. The van der Waals surface area contributed by atoms with Crippen LogP contribution in [0.5, 0.6) is 5.75 Å². The lowest BCUT2D eigenvalue weighted by atomic mass is 10.3. The zero-order valence-electron chi connectivity index (χ0n) is 14.9. The Labute approximate surface area is 164 Å². The van der Waals surface area contributed by atoms with E-state index in [1.807, 2.05) is 4.72 Å². The Kier molecular flexibility index (Phi) is 5.69. The zero-order valence-corrected chi connectivity index (χ0v) is 15.7. The fourth-order valence-electron chi connectivity index (χ4n) is 2.80. The number of halogens is 4. The third-order valence-corrected chi connectivity index (χ3v) is 5.49. The van der Waals surface area contributed by atoms with Crippen molar-refractivity contribution >= 4 is 27.3 Å². The number of benzene rings is 2. The number of amides is 1. The van der Waals surface area contributed by atoms with Crippen LogP contribution in [-0.4, -0.2) is 33.7 Å². The Bertz CT molecular complexity index is 1010. The summed E-state index contributed by atoms with van der Waals surface area (Å²) in [6, 6.07) is 7.87. The molecule has 2 aromatic carbocycles. The van der Waals surface area contributed by atoms with Crippen molar-refractivity contribution in [3.63, 3.8) is 0 Å². The van der Waals surface area contributed by atoms with Gasteiger partial charge < -0.3 is 9.64 Å². The predicted molar refractivity (Wildman–Crippen MR) is 96.8 cm³/mol. The van der Waals surface area contributed by atoms with Crippen molar-refractivity contribution in [1.82, 2.24) is 0 Å². The smallest absolute Gasteiger partial charge is 0.422 e. The minimum atomic E-state index is -4.65. The summed E-state index contributed by atoms with van der Waals surface area (Å²) in [6.07, 6.45) is -3.52. The standard InChI is InChI=1S/C18H16F4N2O4S/c19-12-3-8-16(28-11-18(20,21)22)15(10-12)23-29(26,27)14-6-4-13(5-7-14)24-9-1-2-17(24)25/h3-8,10,23H,1-2,9,11H2. The molecule has 0 unspecified atom stereocenters. The van der Waals surface area contributed by atoms with Gasteiger partial charge in [-0.05, 0) is 42.8 Å². The van der Waals surface area contributed by atoms with Crippen molar-refractivity contribution < 1.29 is 35.5 Å². The monoisotopic (exact) mass is 432 g/mol. The van der Waals surface area contributed by atoms with Crippen molar-refractivity contribution in [1.29, 1.82) is 0 Å². The number of anilines is 2. The molecule has 1 saturated heterocycles. The Morgan fingerprint density at radius 3 is 2.38 bits per heavy atom. The van der Waals surface area contributed by atoms with Crippen LogP contribution in [-0.2, 0) is 14.8 Å². The highest BCUT2D eigenvalue weighted by Gasteiger charge is 2.29. The van der Waals surface area contributed by atoms with Gasteiger partial charge in [-0.1, -0.05) is 0 Å². The van der Waals surface area contributed by atoms with Crippen LogP contribution < -0.4 is 14.4 Å². The van der Waals surface area contributed by atoms with Gasteiger partial charge in [-0.3, -0.25) is 9.52 Å². The van der Waals surface area contributed by atoms with Gasteiger partial charge in [0.05, 0.1) is 10.6 Å². The maximum Gasteiger partial charge on any atom is 0.422 e. The van der Waals surface area contributed by atoms with Gasteiger partial charge in [0.15, 0.2) is 6.61 Å². The summed E-state index contributed by atoms with van der Waals surface area (Å²) in [5, 5.41) is 0. The Morgan fingerprint density at radius 2 is 1.79 bits per heavy atom. The summed E-state index contributed by atoms with van der Waals surface area (Å²) >= 11 is 0. The first-order valence-electron chi connectivity index (χ1n) is 8.47. The van der Waals surface area contributed by atoms with Gasteiger partial charge in [-0.2, -0.15) is 13.2 Å². The molecule has 11 heteroatoms. The molecular formula is C18H16F4N2O4S. The fraction of sp³-hybridized carbons (Fsp3) is 0.278. The maximum atomic E-state index is 13.5. The molecule has 2 aromatic rings. The van der Waals surface area contributed by atoms with Gasteiger partial charge in [0.1, 0.15) is 11.6 Å². The minimum absolute atomic E-state index is 0.0649. The summed E-state index contributed by atoms with van der Waals surface area (Å²) < 4.78 is 82.4. The Balaban J connectivity index is 1.82. The summed E-state index contributed by atoms with van der Waals surface area (Å²) in [7, 11) is -4.24. The van der Waals surface area contributed by atoms with E-state index in [-0.39, 0.29) is 10.8 Å². The van der Waals surface area contributed by atoms with Crippen LogP contribution in [0, 0.1) is 5.82 Å². The molecule has 1 N–H and O–H groups in total. The lowest BCUT2D eigenvalue weighted by Gasteiger charge is -2.17. The number of ether oxygens (including phenoxy) is 1. The number of sulfonamides is 1. The van der Waals surface area contributed by atoms with Crippen LogP contribution >= 0.6 is 0 Å². The highest BCUT2D eigenvalue weighted by molar-refractivity contribution is 7.92. The molecule has 0 radical (unpaired) electrons. The second-order valence-corrected chi connectivity index (χ2v) is 7.98. The SMILES string of the molecule is O=C1CCCN1c1ccc(S(=O)(=O)Nc2cc(F)ccc2OCC(F)(F)F)cc1. The van der Waals surface area contributed by atoms with Crippen LogP contribution in [0.4, 0.5) is 28.9 Å². The van der Waals surface area contributed by atoms with Crippen molar-refractivity contribution in [3.05, 3.63) is 48.3 Å². The van der Waals surface area contributed by atoms with Crippen molar-refractivity contribution in [2.24, 2.45) is 0 Å². The molecule has 1 fully saturated rings. The molecule has 1 aliphatic rings. The van der Waals surface area contributed by atoms with E-state index in [1.54, 1.807) is 0 Å². The zero-order chi connectivity index (χ0) is 21.2. The van der Waals surface area contributed by atoms with E-state index in [4.69, 9.17) is 0 Å². The second kappa shape index (κ2) is 7.90. The number of carbonyl (C=O) groups is 1. The van der Waals surface area contributed by atoms with Crippen LogP contribution in [0.3, 0.4) is 0 Å². The van der Waals surface area contributed by atoms with E-state index in [0.717, 1.165) is 18.2 Å². The van der Waals surface area contributed by atoms with E-state index < -0.39 is 40.1 Å². The number of nitrogens with zero attached hydrogens (tertiary/aromatic N) is 1. The highest BCUT2D eigenvalue weighted by atomic mass is 32.2. The van der Waals surface area contributed by atoms with Gasteiger partial charge in [0.2, 0.25) is 5.91 Å². The van der Waals surface area contributed by atoms with Crippen molar-refractivity contribution in [3.8, 4) is 5.75 Å². The molecule has 0 spiro atoms. The van der Waals surface area contributed by atoms with Crippen LogP contribution in [0.25, 0.3) is 0 Å². The van der Waals surface area contributed by atoms with Gasteiger partial charge >= 0.3 is 6.18 Å². The normalized spacial score (nSPS) is 14.9. The maximum absolute atomic E-state index is 13.5. The highest BCUT2D eigenvalue weighted by Crippen LogP contribution is 2.30. The number of carbonyl (C=O) groups excluding carboxylic acids is 1. The second-order valence-electron chi connectivity index (χ2n) is 6.29. The number of hydrogen-bond donors (Lipinski definition) is 1. The Morgan fingerprint density at radius 1 is 1.10 bits per heavy atom. The molecule has 0 saturated carbocycles. The largest absolute Gasteiger partial charge is 0.482 e. The van der Waals surface area contributed by atoms with Gasteiger partial charge in [0, 0.05) is 24.7 Å². The van der Waals surface area contributed by atoms with E-state index in [2.05, 4.69) is 4.74 Å². The first kappa shape index (κ1) is 20.9. The van der Waals surface area contributed by atoms with Crippen molar-refractivity contribution in [2.75, 3.05) is 22.8 Å². The average Bonchev–Trinajstić information content (AvgIpc) is 3.06. The van der Waals surface area contributed by atoms with E-state index in [1.165, 1.54) is 29.2 Å². The molecular weight excluding hydrogens is 416 g/mol. The third kappa shape index (κ3) is 5.17. The molecule has 0 bridgehead atoms. The Hall–Kier alpha value is -2.82. The third-order valence-electron chi connectivity index (χ3n) is 4.11. The van der Waals surface area contributed by atoms with Gasteiger partial charge in [0.25, 0.3) is 10.0 Å². The van der Waals surface area contributed by atoms with Crippen LogP contribution in [0.1, 0.15) is 12.8 Å². The van der Waals surface area contributed by atoms with Crippen LogP contribution in [0.15, 0.2) is 47.4 Å². The summed E-state index contributed by atoms with van der Waals surface area (Å²) in [6.45, 7) is -1.13. The first-order chi connectivity index (χ1) is 13.5. The number of hydrogen-bond acceptors (Lipinski definition) is 4. The lowest BCUT2D eigenvalue weighted by molar-refractivity contribution is -0.153. The summed E-state index contributed by atoms with van der Waals surface area (Å²) in [5.41, 5.74) is 0.0689. The summed E-state index contributed by atoms with van der Waals surface area (Å²) in [5.74, 6) is -1.39. The van der Waals surface area contributed by atoms with E-state index in [9.17, 15) is 30.8 Å². The van der Waals surface area contributed by atoms with E-state index >= 15 is 0 Å². The molecule has 1 aliphatic heterocycles. The molecule has 0 atom stereocenters. The molecule has 1 amide bonds. The fourth-order valence-corrected chi connectivity index (χ4v) is 3.86. The molecule has 3 rings (SSSR count). The minimum Gasteiger partial charge on any atom is -0.482 e. The molecule has 1 heterocycles. The molecule has 0 aromatic heterocycles. The average molecular weight is 432 g/mol. The van der Waals surface area contributed by atoms with Crippen LogP contribution in [0.2, 0.25) is 0 Å². The van der Waals surface area contributed by atoms with E-state index in [0.29, 0.717) is 25.1 Å². The predicted octanol–water partition coefficient (Wildman–Crippen LogP) is 3.69. The number of rotatable bonds is 6. The van der Waals surface area contributed by atoms with Gasteiger partial charge in [-0.25, -0.2) is 12.8 Å².